The molecule has 0 spiro atoms. The van der Waals surface area contributed by atoms with Gasteiger partial charge in [-0.05, 0) is 61.5 Å². The number of rotatable bonds is 4. The standard InChI is InChI=1S/C23H17Cl3N4O/c1-15-21(23(31)28-29-12-4-2-3-5-13-29)27-22(19-11-8-17(25)14-20(19)26)30(15)18-9-6-16(24)7-10-18/h2-14H,1H3,(H,28,31). The Morgan fingerprint density at radius 3 is 2.19 bits per heavy atom. The Bertz CT molecular complexity index is 1210. The largest absolute Gasteiger partial charge is 0.296 e. The van der Waals surface area contributed by atoms with Crippen LogP contribution in [0.15, 0.2) is 79.2 Å². The van der Waals surface area contributed by atoms with E-state index in [4.69, 9.17) is 34.8 Å². The van der Waals surface area contributed by atoms with Crippen molar-refractivity contribution in [2.45, 2.75) is 6.92 Å². The van der Waals surface area contributed by atoms with Crippen molar-refractivity contribution in [3.8, 4) is 17.1 Å². The number of allylic oxidation sites excluding steroid dienone is 4. The van der Waals surface area contributed by atoms with Gasteiger partial charge in [-0.1, -0.05) is 47.0 Å². The van der Waals surface area contributed by atoms with Crippen LogP contribution in [0.25, 0.3) is 17.1 Å². The molecule has 0 unspecified atom stereocenters. The fraction of sp³-hybridized carbons (Fsp3) is 0.0435. The van der Waals surface area contributed by atoms with Crippen LogP contribution in [0.1, 0.15) is 16.2 Å². The van der Waals surface area contributed by atoms with Crippen LogP contribution in [0, 0.1) is 6.92 Å². The fourth-order valence-electron chi connectivity index (χ4n) is 3.18. The van der Waals surface area contributed by atoms with E-state index in [0.717, 1.165) is 5.69 Å². The Kier molecular flexibility index (Phi) is 6.18. The molecule has 0 fully saturated rings. The summed E-state index contributed by atoms with van der Waals surface area (Å²) in [5.41, 5.74) is 5.20. The first-order valence-electron chi connectivity index (χ1n) is 9.36. The molecule has 2 aromatic carbocycles. The molecule has 1 aromatic heterocycles. The number of nitrogens with zero attached hydrogens (tertiary/aromatic N) is 3. The number of benzene rings is 2. The maximum Gasteiger partial charge on any atom is 0.290 e. The highest BCUT2D eigenvalue weighted by atomic mass is 35.5. The van der Waals surface area contributed by atoms with Gasteiger partial charge in [0.1, 0.15) is 5.82 Å². The van der Waals surface area contributed by atoms with Gasteiger partial charge in [-0.25, -0.2) is 4.98 Å². The molecule has 1 aliphatic rings. The Morgan fingerprint density at radius 1 is 0.903 bits per heavy atom. The van der Waals surface area contributed by atoms with Gasteiger partial charge in [-0.15, -0.1) is 0 Å². The second-order valence-electron chi connectivity index (χ2n) is 6.72. The molecule has 156 valence electrons. The molecular weight excluding hydrogens is 455 g/mol. The second kappa shape index (κ2) is 9.02. The summed E-state index contributed by atoms with van der Waals surface area (Å²) in [6.45, 7) is 1.83. The Labute approximate surface area is 194 Å². The molecule has 0 radical (unpaired) electrons. The van der Waals surface area contributed by atoms with Crippen molar-refractivity contribution in [1.29, 1.82) is 0 Å². The van der Waals surface area contributed by atoms with Gasteiger partial charge in [0.25, 0.3) is 5.91 Å². The van der Waals surface area contributed by atoms with Gasteiger partial charge in [0, 0.05) is 33.7 Å². The van der Waals surface area contributed by atoms with Gasteiger partial charge < -0.3 is 0 Å². The minimum Gasteiger partial charge on any atom is -0.296 e. The molecule has 8 heteroatoms. The predicted molar refractivity (Wildman–Crippen MR) is 125 cm³/mol. The summed E-state index contributed by atoms with van der Waals surface area (Å²) in [7, 11) is 0. The smallest absolute Gasteiger partial charge is 0.290 e. The summed E-state index contributed by atoms with van der Waals surface area (Å²) >= 11 is 18.6. The van der Waals surface area contributed by atoms with Crippen molar-refractivity contribution in [2.24, 2.45) is 0 Å². The number of hydrogen-bond donors (Lipinski definition) is 1. The summed E-state index contributed by atoms with van der Waals surface area (Å²) in [5.74, 6) is 0.169. The maximum atomic E-state index is 13.1. The zero-order valence-corrected chi connectivity index (χ0v) is 18.7. The van der Waals surface area contributed by atoms with E-state index >= 15 is 0 Å². The molecule has 4 rings (SSSR count). The number of amides is 1. The van der Waals surface area contributed by atoms with Crippen LogP contribution in [0.4, 0.5) is 0 Å². The van der Waals surface area contributed by atoms with Gasteiger partial charge in [-0.3, -0.25) is 19.8 Å². The van der Waals surface area contributed by atoms with Crippen LogP contribution < -0.4 is 5.43 Å². The normalized spacial score (nSPS) is 12.8. The lowest BCUT2D eigenvalue weighted by Crippen LogP contribution is -2.35. The second-order valence-corrected chi connectivity index (χ2v) is 8.00. The third-order valence-electron chi connectivity index (χ3n) is 4.64. The molecule has 0 saturated heterocycles. The highest BCUT2D eigenvalue weighted by Gasteiger charge is 2.23. The van der Waals surface area contributed by atoms with Gasteiger partial charge in [0.2, 0.25) is 0 Å². The molecule has 0 saturated carbocycles. The number of carbonyl (C=O) groups is 1. The van der Waals surface area contributed by atoms with Crippen molar-refractivity contribution in [3.05, 3.63) is 106 Å². The van der Waals surface area contributed by atoms with Gasteiger partial charge in [0.05, 0.1) is 10.7 Å². The van der Waals surface area contributed by atoms with E-state index < -0.39 is 0 Å². The minimum absolute atomic E-state index is 0.273. The molecule has 1 aliphatic heterocycles. The van der Waals surface area contributed by atoms with E-state index in [2.05, 4.69) is 10.4 Å². The first kappa shape index (κ1) is 21.2. The van der Waals surface area contributed by atoms with Crippen molar-refractivity contribution in [2.75, 3.05) is 0 Å². The van der Waals surface area contributed by atoms with Crippen molar-refractivity contribution < 1.29 is 4.79 Å². The zero-order chi connectivity index (χ0) is 22.0. The van der Waals surface area contributed by atoms with Gasteiger partial charge in [0.15, 0.2) is 5.69 Å². The number of carbonyl (C=O) groups excluding carboxylic acids is 1. The first-order chi connectivity index (χ1) is 14.9. The topological polar surface area (TPSA) is 50.2 Å². The summed E-state index contributed by atoms with van der Waals surface area (Å²) in [4.78, 5) is 17.7. The summed E-state index contributed by atoms with van der Waals surface area (Å²) in [6, 6.07) is 12.4. The molecule has 5 nitrogen and oxygen atoms in total. The lowest BCUT2D eigenvalue weighted by atomic mass is 10.2. The molecule has 3 aromatic rings. The van der Waals surface area contributed by atoms with Crippen LogP contribution in [0.5, 0.6) is 0 Å². The lowest BCUT2D eigenvalue weighted by molar-refractivity contribution is 0.0881. The van der Waals surface area contributed by atoms with E-state index in [1.54, 1.807) is 47.7 Å². The van der Waals surface area contributed by atoms with E-state index in [0.29, 0.717) is 32.1 Å². The monoisotopic (exact) mass is 470 g/mol. The average molecular weight is 472 g/mol. The van der Waals surface area contributed by atoms with E-state index in [1.165, 1.54) is 0 Å². The third-order valence-corrected chi connectivity index (χ3v) is 5.44. The van der Waals surface area contributed by atoms with Crippen LogP contribution in [-0.2, 0) is 0 Å². The van der Waals surface area contributed by atoms with Crippen molar-refractivity contribution >= 4 is 40.7 Å². The quantitative estimate of drug-likeness (QED) is 0.482. The number of halogens is 3. The summed E-state index contributed by atoms with van der Waals surface area (Å²) in [5, 5.41) is 3.13. The van der Waals surface area contributed by atoms with Gasteiger partial charge >= 0.3 is 0 Å². The SMILES string of the molecule is Cc1c(C(=O)NN2C=CC=CC=C2)nc(-c2ccc(Cl)cc2Cl)n1-c1ccc(Cl)cc1. The highest BCUT2D eigenvalue weighted by Crippen LogP contribution is 2.33. The van der Waals surface area contributed by atoms with Gasteiger partial charge in [-0.2, -0.15) is 0 Å². The number of imidazole rings is 1. The Hall–Kier alpha value is -2.99. The molecular formula is C23H17Cl3N4O. The molecule has 1 N–H and O–H groups in total. The summed E-state index contributed by atoms with van der Waals surface area (Å²) in [6.07, 6.45) is 10.8. The molecule has 0 aliphatic carbocycles. The Morgan fingerprint density at radius 2 is 1.55 bits per heavy atom. The Balaban J connectivity index is 1.82. The van der Waals surface area contributed by atoms with Crippen molar-refractivity contribution in [1.82, 2.24) is 20.0 Å². The number of hydrogen-bond acceptors (Lipinski definition) is 3. The predicted octanol–water partition coefficient (Wildman–Crippen LogP) is 6.35. The van der Waals surface area contributed by atoms with Crippen LogP contribution in [-0.4, -0.2) is 20.5 Å². The van der Waals surface area contributed by atoms with Crippen LogP contribution in [0.2, 0.25) is 15.1 Å². The highest BCUT2D eigenvalue weighted by molar-refractivity contribution is 6.36. The zero-order valence-electron chi connectivity index (χ0n) is 16.4. The maximum absolute atomic E-state index is 13.1. The first-order valence-corrected chi connectivity index (χ1v) is 10.5. The number of hydrazine groups is 1. The number of aromatic nitrogens is 2. The number of nitrogens with one attached hydrogen (secondary N) is 1. The lowest BCUT2D eigenvalue weighted by Gasteiger charge is -2.15. The molecule has 2 heterocycles. The molecule has 0 atom stereocenters. The fourth-order valence-corrected chi connectivity index (χ4v) is 3.80. The van der Waals surface area contributed by atoms with Crippen molar-refractivity contribution in [3.63, 3.8) is 0 Å². The van der Waals surface area contributed by atoms with Crippen LogP contribution >= 0.6 is 34.8 Å². The van der Waals surface area contributed by atoms with Crippen LogP contribution in [0.3, 0.4) is 0 Å². The molecule has 31 heavy (non-hydrogen) atoms. The van der Waals surface area contributed by atoms with E-state index in [1.807, 2.05) is 47.9 Å². The van der Waals surface area contributed by atoms with E-state index in [9.17, 15) is 4.79 Å². The van der Waals surface area contributed by atoms with E-state index in [-0.39, 0.29) is 11.6 Å². The minimum atomic E-state index is -0.354. The molecule has 1 amide bonds. The summed E-state index contributed by atoms with van der Waals surface area (Å²) < 4.78 is 1.87. The molecule has 0 bridgehead atoms. The third kappa shape index (κ3) is 4.54. The average Bonchev–Trinajstić information content (AvgIpc) is 2.89.